The molecule has 0 spiro atoms. The van der Waals surface area contributed by atoms with Gasteiger partial charge in [-0.05, 0) is 38.1 Å². The molecule has 7 nitrogen and oxygen atoms in total. The Hall–Kier alpha value is -2.38. The number of nitrogens with one attached hydrogen (secondary N) is 4. The molecule has 0 aliphatic carbocycles. The van der Waals surface area contributed by atoms with E-state index in [1.807, 2.05) is 13.8 Å². The second kappa shape index (κ2) is 8.13. The predicted octanol–water partition coefficient (Wildman–Crippen LogP) is 1.87. The number of fused-ring (bicyclic) bond motifs is 1. The molecule has 0 unspecified atom stereocenters. The van der Waals surface area contributed by atoms with E-state index in [2.05, 4.69) is 26.1 Å². The normalized spacial score (nSPS) is 12.9. The van der Waals surface area contributed by atoms with Crippen molar-refractivity contribution in [2.75, 3.05) is 11.9 Å². The Bertz CT molecular complexity index is 755. The molecule has 0 fully saturated rings. The molecule has 2 heterocycles. The molecular formula is C17H22ClN5O2. The van der Waals surface area contributed by atoms with Crippen LogP contribution in [0, 0.1) is 0 Å². The van der Waals surface area contributed by atoms with Crippen molar-refractivity contribution < 1.29 is 9.59 Å². The van der Waals surface area contributed by atoms with Crippen LogP contribution in [0.3, 0.4) is 0 Å². The number of carbonyl (C=O) groups is 2. The number of anilines is 1. The molecular weight excluding hydrogens is 342 g/mol. The molecule has 1 aliphatic rings. The topological polar surface area (TPSA) is 98.9 Å². The van der Waals surface area contributed by atoms with Gasteiger partial charge in [-0.2, -0.15) is 5.10 Å². The number of carbonyl (C=O) groups excluding carboxylic acids is 2. The molecule has 25 heavy (non-hydrogen) atoms. The third-order valence-electron chi connectivity index (χ3n) is 3.85. The van der Waals surface area contributed by atoms with Crippen molar-refractivity contribution in [1.82, 2.24) is 20.8 Å². The van der Waals surface area contributed by atoms with Crippen LogP contribution < -0.4 is 16.0 Å². The van der Waals surface area contributed by atoms with Crippen molar-refractivity contribution >= 4 is 29.9 Å². The molecule has 0 saturated carbocycles. The highest BCUT2D eigenvalue weighted by Crippen LogP contribution is 2.17. The maximum absolute atomic E-state index is 12.4. The van der Waals surface area contributed by atoms with Gasteiger partial charge in [0.15, 0.2) is 5.69 Å². The molecule has 1 aromatic carbocycles. The zero-order chi connectivity index (χ0) is 17.1. The van der Waals surface area contributed by atoms with Gasteiger partial charge in [-0.25, -0.2) is 0 Å². The minimum Gasteiger partial charge on any atom is -0.350 e. The van der Waals surface area contributed by atoms with E-state index in [9.17, 15) is 9.59 Å². The quantitative estimate of drug-likeness (QED) is 0.666. The molecule has 0 saturated heterocycles. The van der Waals surface area contributed by atoms with E-state index in [0.717, 1.165) is 24.2 Å². The fourth-order valence-electron chi connectivity index (χ4n) is 2.65. The van der Waals surface area contributed by atoms with Crippen LogP contribution in [-0.2, 0) is 13.0 Å². The molecule has 2 amide bonds. The molecule has 0 radical (unpaired) electrons. The molecule has 1 aromatic heterocycles. The lowest BCUT2D eigenvalue weighted by Gasteiger charge is -2.13. The monoisotopic (exact) mass is 363 g/mol. The Morgan fingerprint density at radius 3 is 2.56 bits per heavy atom. The van der Waals surface area contributed by atoms with E-state index in [4.69, 9.17) is 0 Å². The molecule has 1 aliphatic heterocycles. The van der Waals surface area contributed by atoms with Crippen molar-refractivity contribution in [1.29, 1.82) is 0 Å². The lowest BCUT2D eigenvalue weighted by Crippen LogP contribution is -2.30. The molecule has 134 valence electrons. The smallest absolute Gasteiger partial charge is 0.276 e. The number of rotatable bonds is 4. The molecule has 8 heteroatoms. The first kappa shape index (κ1) is 19.0. The van der Waals surface area contributed by atoms with Crippen molar-refractivity contribution in [3.05, 3.63) is 46.8 Å². The van der Waals surface area contributed by atoms with Gasteiger partial charge in [0.25, 0.3) is 11.8 Å². The van der Waals surface area contributed by atoms with E-state index in [0.29, 0.717) is 23.5 Å². The van der Waals surface area contributed by atoms with Crippen LogP contribution in [0.15, 0.2) is 24.3 Å². The third-order valence-corrected chi connectivity index (χ3v) is 3.85. The predicted molar refractivity (Wildman–Crippen MR) is 98.2 cm³/mol. The highest BCUT2D eigenvalue weighted by atomic mass is 35.5. The summed E-state index contributed by atoms with van der Waals surface area (Å²) in [5, 5.41) is 15.9. The molecule has 2 aromatic rings. The first-order chi connectivity index (χ1) is 11.5. The number of hydrogen-bond acceptors (Lipinski definition) is 4. The minimum atomic E-state index is -0.254. The van der Waals surface area contributed by atoms with Crippen LogP contribution in [0.2, 0.25) is 0 Å². The Morgan fingerprint density at radius 1 is 1.16 bits per heavy atom. The number of H-pyrrole nitrogens is 1. The zero-order valence-electron chi connectivity index (χ0n) is 14.2. The molecule has 0 atom stereocenters. The summed E-state index contributed by atoms with van der Waals surface area (Å²) in [7, 11) is 0. The van der Waals surface area contributed by atoms with Gasteiger partial charge >= 0.3 is 0 Å². The Morgan fingerprint density at radius 2 is 1.88 bits per heavy atom. The Labute approximate surface area is 152 Å². The summed E-state index contributed by atoms with van der Waals surface area (Å²) in [6, 6.07) is 6.88. The highest BCUT2D eigenvalue weighted by Gasteiger charge is 2.21. The summed E-state index contributed by atoms with van der Waals surface area (Å²) >= 11 is 0. The van der Waals surface area contributed by atoms with Crippen LogP contribution in [0.25, 0.3) is 0 Å². The van der Waals surface area contributed by atoms with Crippen molar-refractivity contribution in [3.8, 4) is 0 Å². The number of nitrogens with zero attached hydrogens (tertiary/aromatic N) is 1. The lowest BCUT2D eigenvalue weighted by atomic mass is 10.1. The number of halogens is 1. The van der Waals surface area contributed by atoms with Gasteiger partial charge < -0.3 is 16.0 Å². The van der Waals surface area contributed by atoms with Gasteiger partial charge in [0.1, 0.15) is 0 Å². The summed E-state index contributed by atoms with van der Waals surface area (Å²) in [5.74, 6) is -0.383. The third kappa shape index (κ3) is 4.37. The highest BCUT2D eigenvalue weighted by molar-refractivity contribution is 6.04. The maximum atomic E-state index is 12.4. The van der Waals surface area contributed by atoms with E-state index >= 15 is 0 Å². The van der Waals surface area contributed by atoms with E-state index in [1.54, 1.807) is 24.3 Å². The average Bonchev–Trinajstić information content (AvgIpc) is 2.99. The number of aromatic nitrogens is 2. The lowest BCUT2D eigenvalue weighted by molar-refractivity contribution is 0.0942. The summed E-state index contributed by atoms with van der Waals surface area (Å²) in [5.41, 5.74) is 3.54. The van der Waals surface area contributed by atoms with Crippen molar-refractivity contribution in [3.63, 3.8) is 0 Å². The SMILES string of the molecule is CC(C)NC(=O)c1ccc(NC(=O)c2n[nH]c3c2CNCC3)cc1.Cl. The van der Waals surface area contributed by atoms with Crippen LogP contribution in [-0.4, -0.2) is 34.6 Å². The van der Waals surface area contributed by atoms with Crippen LogP contribution in [0.1, 0.15) is 46.0 Å². The molecule has 3 rings (SSSR count). The van der Waals surface area contributed by atoms with Gasteiger partial charge in [-0.15, -0.1) is 12.4 Å². The number of amides is 2. The van der Waals surface area contributed by atoms with Gasteiger partial charge in [0.05, 0.1) is 0 Å². The number of aromatic amines is 1. The van der Waals surface area contributed by atoms with Crippen LogP contribution in [0.5, 0.6) is 0 Å². The average molecular weight is 364 g/mol. The second-order valence-electron chi connectivity index (χ2n) is 6.12. The first-order valence-corrected chi connectivity index (χ1v) is 8.03. The summed E-state index contributed by atoms with van der Waals surface area (Å²) in [4.78, 5) is 24.3. The van der Waals surface area contributed by atoms with Crippen molar-refractivity contribution in [2.45, 2.75) is 32.9 Å². The molecule has 0 bridgehead atoms. The fraction of sp³-hybridized carbons (Fsp3) is 0.353. The fourth-order valence-corrected chi connectivity index (χ4v) is 2.65. The van der Waals surface area contributed by atoms with E-state index in [-0.39, 0.29) is 30.3 Å². The van der Waals surface area contributed by atoms with Gasteiger partial charge in [-0.1, -0.05) is 0 Å². The zero-order valence-corrected chi connectivity index (χ0v) is 15.0. The largest absolute Gasteiger partial charge is 0.350 e. The van der Waals surface area contributed by atoms with Crippen LogP contribution >= 0.6 is 12.4 Å². The van der Waals surface area contributed by atoms with Crippen molar-refractivity contribution in [2.24, 2.45) is 0 Å². The minimum absolute atomic E-state index is 0. The maximum Gasteiger partial charge on any atom is 0.276 e. The number of benzene rings is 1. The van der Waals surface area contributed by atoms with E-state index in [1.165, 1.54) is 0 Å². The van der Waals surface area contributed by atoms with Gasteiger partial charge in [-0.3, -0.25) is 14.7 Å². The van der Waals surface area contributed by atoms with Gasteiger partial charge in [0.2, 0.25) is 0 Å². The summed E-state index contributed by atoms with van der Waals surface area (Å²) in [6.07, 6.45) is 0.843. The number of hydrogen-bond donors (Lipinski definition) is 4. The first-order valence-electron chi connectivity index (χ1n) is 8.03. The van der Waals surface area contributed by atoms with Crippen LogP contribution in [0.4, 0.5) is 5.69 Å². The van der Waals surface area contributed by atoms with E-state index < -0.39 is 0 Å². The summed E-state index contributed by atoms with van der Waals surface area (Å²) < 4.78 is 0. The second-order valence-corrected chi connectivity index (χ2v) is 6.12. The summed E-state index contributed by atoms with van der Waals surface area (Å²) in [6.45, 7) is 5.34. The standard InChI is InChI=1S/C17H21N5O2.ClH/c1-10(2)19-16(23)11-3-5-12(6-4-11)20-17(24)15-13-9-18-8-7-14(13)21-22-15;/h3-6,10,18H,7-9H2,1-2H3,(H,19,23)(H,20,24)(H,21,22);1H. The molecule has 4 N–H and O–H groups in total. The Balaban J connectivity index is 0.00000225. The Kier molecular flexibility index (Phi) is 6.17. The van der Waals surface area contributed by atoms with Gasteiger partial charge in [0, 0.05) is 48.1 Å².